The maximum atomic E-state index is 12.8. The van der Waals surface area contributed by atoms with E-state index in [0.29, 0.717) is 25.3 Å². The molecule has 0 radical (unpaired) electrons. The van der Waals surface area contributed by atoms with Crippen molar-refractivity contribution in [2.45, 2.75) is 51.8 Å². The molecule has 2 amide bonds. The summed E-state index contributed by atoms with van der Waals surface area (Å²) in [4.78, 5) is 34.1. The van der Waals surface area contributed by atoms with E-state index in [-0.39, 0.29) is 5.91 Å². The van der Waals surface area contributed by atoms with Gasteiger partial charge in [-0.3, -0.25) is 4.79 Å². The van der Waals surface area contributed by atoms with E-state index in [1.54, 1.807) is 31.9 Å². The minimum Gasteiger partial charge on any atom is -0.444 e. The third-order valence-electron chi connectivity index (χ3n) is 4.35. The second-order valence-electron chi connectivity index (χ2n) is 7.85. The van der Waals surface area contributed by atoms with Crippen LogP contribution in [0, 0.1) is 0 Å². The first-order valence-corrected chi connectivity index (χ1v) is 10.1. The quantitative estimate of drug-likeness (QED) is 0.743. The van der Waals surface area contributed by atoms with Gasteiger partial charge >= 0.3 is 6.09 Å². The Morgan fingerprint density at radius 3 is 2.75 bits per heavy atom. The number of hydrogen-bond donors (Lipinski definition) is 2. The van der Waals surface area contributed by atoms with Crippen LogP contribution in [0.4, 0.5) is 4.79 Å². The van der Waals surface area contributed by atoms with Crippen LogP contribution in [0.1, 0.15) is 39.4 Å². The summed E-state index contributed by atoms with van der Waals surface area (Å²) in [5.41, 5.74) is 1.32. The van der Waals surface area contributed by atoms with Gasteiger partial charge in [0, 0.05) is 11.0 Å². The van der Waals surface area contributed by atoms with E-state index < -0.39 is 17.7 Å². The number of amides is 2. The molecule has 1 aliphatic heterocycles. The topological polar surface area (TPSA) is 87.3 Å². The number of carbonyl (C=O) groups is 2. The Kier molecular flexibility index (Phi) is 6.07. The Morgan fingerprint density at radius 1 is 1.36 bits per heavy atom. The Hall–Kier alpha value is -2.35. The van der Waals surface area contributed by atoms with E-state index in [2.05, 4.69) is 31.2 Å². The van der Waals surface area contributed by atoms with Crippen LogP contribution in [0.25, 0.3) is 11.3 Å². The highest BCUT2D eigenvalue weighted by molar-refractivity contribution is 9.10. The van der Waals surface area contributed by atoms with Crippen molar-refractivity contribution in [3.63, 3.8) is 0 Å². The van der Waals surface area contributed by atoms with Crippen molar-refractivity contribution in [3.8, 4) is 11.3 Å². The highest BCUT2D eigenvalue weighted by Crippen LogP contribution is 2.21. The lowest BCUT2D eigenvalue weighted by atomic mass is 10.0. The van der Waals surface area contributed by atoms with Crippen molar-refractivity contribution in [2.24, 2.45) is 0 Å². The molecule has 3 rings (SSSR count). The number of H-pyrrole nitrogens is 1. The summed E-state index contributed by atoms with van der Waals surface area (Å²) in [6.07, 6.45) is 2.62. The van der Waals surface area contributed by atoms with E-state index in [0.717, 1.165) is 22.2 Å². The summed E-state index contributed by atoms with van der Waals surface area (Å²) in [5, 5.41) is 2.69. The van der Waals surface area contributed by atoms with Crippen LogP contribution in [0.15, 0.2) is 34.9 Å². The Bertz CT molecular complexity index is 842. The molecule has 2 heterocycles. The number of aromatic nitrogens is 2. The molecule has 1 aliphatic rings. The van der Waals surface area contributed by atoms with Gasteiger partial charge in [0.25, 0.3) is 0 Å². The fourth-order valence-corrected chi connectivity index (χ4v) is 3.35. The van der Waals surface area contributed by atoms with Crippen LogP contribution in [-0.2, 0) is 16.1 Å². The smallest absolute Gasteiger partial charge is 0.408 e. The lowest BCUT2D eigenvalue weighted by Crippen LogP contribution is -2.52. The summed E-state index contributed by atoms with van der Waals surface area (Å²) < 4.78 is 6.27. The molecule has 1 fully saturated rings. The van der Waals surface area contributed by atoms with Crippen molar-refractivity contribution in [1.29, 1.82) is 0 Å². The van der Waals surface area contributed by atoms with Gasteiger partial charge in [0.15, 0.2) is 0 Å². The molecule has 1 saturated heterocycles. The van der Waals surface area contributed by atoms with Gasteiger partial charge in [-0.2, -0.15) is 0 Å². The van der Waals surface area contributed by atoms with Crippen LogP contribution in [0.3, 0.4) is 0 Å². The Morgan fingerprint density at radius 2 is 2.07 bits per heavy atom. The number of rotatable bonds is 4. The van der Waals surface area contributed by atoms with Crippen LogP contribution in [0.2, 0.25) is 0 Å². The molecule has 28 heavy (non-hydrogen) atoms. The molecule has 0 saturated carbocycles. The van der Waals surface area contributed by atoms with E-state index in [4.69, 9.17) is 4.74 Å². The highest BCUT2D eigenvalue weighted by atomic mass is 79.9. The van der Waals surface area contributed by atoms with Gasteiger partial charge in [-0.05, 0) is 51.3 Å². The molecule has 2 N–H and O–H groups in total. The zero-order valence-electron chi connectivity index (χ0n) is 16.3. The molecule has 0 bridgehead atoms. The zero-order chi connectivity index (χ0) is 20.3. The SMILES string of the molecule is CC(C)(C)OC(=O)NC1CCCN(Cc2ncc(-c3ccc(Br)cc3)[nH]2)C1=O. The molecule has 2 aromatic rings. The second kappa shape index (κ2) is 8.34. The lowest BCUT2D eigenvalue weighted by molar-refractivity contribution is -0.136. The van der Waals surface area contributed by atoms with E-state index in [1.165, 1.54) is 0 Å². The number of ether oxygens (including phenoxy) is 1. The monoisotopic (exact) mass is 448 g/mol. The van der Waals surface area contributed by atoms with Gasteiger partial charge in [0.2, 0.25) is 5.91 Å². The summed E-state index contributed by atoms with van der Waals surface area (Å²) in [5.74, 6) is 0.600. The van der Waals surface area contributed by atoms with Crippen molar-refractivity contribution >= 4 is 27.9 Å². The number of piperidine rings is 1. The maximum absolute atomic E-state index is 12.8. The van der Waals surface area contributed by atoms with Crippen LogP contribution < -0.4 is 5.32 Å². The summed E-state index contributed by atoms with van der Waals surface area (Å²) in [6.45, 7) is 6.39. The lowest BCUT2D eigenvalue weighted by Gasteiger charge is -2.32. The number of hydrogen-bond acceptors (Lipinski definition) is 4. The minimum atomic E-state index is -0.598. The number of nitrogens with zero attached hydrogens (tertiary/aromatic N) is 2. The fourth-order valence-electron chi connectivity index (χ4n) is 3.08. The van der Waals surface area contributed by atoms with Gasteiger partial charge in [-0.25, -0.2) is 9.78 Å². The molecule has 0 aliphatic carbocycles. The minimum absolute atomic E-state index is 0.112. The predicted molar refractivity (Wildman–Crippen MR) is 110 cm³/mol. The summed E-state index contributed by atoms with van der Waals surface area (Å²) in [6, 6.07) is 7.36. The highest BCUT2D eigenvalue weighted by Gasteiger charge is 2.31. The number of carbonyl (C=O) groups excluding carboxylic acids is 2. The van der Waals surface area contributed by atoms with Crippen LogP contribution in [0.5, 0.6) is 0 Å². The number of imidazole rings is 1. The summed E-state index contributed by atoms with van der Waals surface area (Å²) >= 11 is 3.43. The van der Waals surface area contributed by atoms with E-state index in [9.17, 15) is 9.59 Å². The standard InChI is InChI=1S/C20H25BrN4O3/c1-20(2,3)28-19(27)24-15-5-4-10-25(18(15)26)12-17-22-11-16(23-17)13-6-8-14(21)9-7-13/h6-9,11,15H,4-5,10,12H2,1-3H3,(H,22,23)(H,24,27). The first kappa shape index (κ1) is 20.4. The zero-order valence-corrected chi connectivity index (χ0v) is 17.9. The third-order valence-corrected chi connectivity index (χ3v) is 4.87. The number of aromatic amines is 1. The molecule has 0 spiro atoms. The third kappa shape index (κ3) is 5.34. The van der Waals surface area contributed by atoms with Gasteiger partial charge in [-0.15, -0.1) is 0 Å². The summed E-state index contributed by atoms with van der Waals surface area (Å²) in [7, 11) is 0. The van der Waals surface area contributed by atoms with Gasteiger partial charge < -0.3 is 19.9 Å². The Labute approximate surface area is 173 Å². The van der Waals surface area contributed by atoms with Crippen LogP contribution >= 0.6 is 15.9 Å². The largest absolute Gasteiger partial charge is 0.444 e. The fraction of sp³-hybridized carbons (Fsp3) is 0.450. The molecule has 1 aromatic heterocycles. The number of alkyl carbamates (subject to hydrolysis) is 1. The van der Waals surface area contributed by atoms with Crippen molar-refractivity contribution in [2.75, 3.05) is 6.54 Å². The molecule has 1 atom stereocenters. The first-order chi connectivity index (χ1) is 13.2. The molecule has 8 heteroatoms. The second-order valence-corrected chi connectivity index (χ2v) is 8.77. The van der Waals surface area contributed by atoms with Gasteiger partial charge in [0.1, 0.15) is 17.5 Å². The molecular weight excluding hydrogens is 424 g/mol. The predicted octanol–water partition coefficient (Wildman–Crippen LogP) is 3.85. The van der Waals surface area contributed by atoms with Crippen LogP contribution in [-0.4, -0.2) is 45.1 Å². The Balaban J connectivity index is 1.62. The van der Waals surface area contributed by atoms with Gasteiger partial charge in [-0.1, -0.05) is 28.1 Å². The molecular formula is C20H25BrN4O3. The molecule has 150 valence electrons. The van der Waals surface area contributed by atoms with E-state index >= 15 is 0 Å². The average molecular weight is 449 g/mol. The van der Waals surface area contributed by atoms with Crippen molar-refractivity contribution in [3.05, 3.63) is 40.8 Å². The van der Waals surface area contributed by atoms with Crippen molar-refractivity contribution < 1.29 is 14.3 Å². The number of benzene rings is 1. The number of nitrogens with one attached hydrogen (secondary N) is 2. The average Bonchev–Trinajstić information content (AvgIpc) is 3.06. The normalized spacial score (nSPS) is 17.5. The number of halogens is 1. The van der Waals surface area contributed by atoms with Gasteiger partial charge in [0.05, 0.1) is 18.4 Å². The molecule has 1 unspecified atom stereocenters. The molecule has 7 nitrogen and oxygen atoms in total. The first-order valence-electron chi connectivity index (χ1n) is 9.29. The van der Waals surface area contributed by atoms with E-state index in [1.807, 2.05) is 24.3 Å². The maximum Gasteiger partial charge on any atom is 0.408 e. The molecule has 1 aromatic carbocycles. The number of likely N-dealkylation sites (tertiary alicyclic amines) is 1. The van der Waals surface area contributed by atoms with Crippen molar-refractivity contribution in [1.82, 2.24) is 20.2 Å².